The van der Waals surface area contributed by atoms with Crippen LogP contribution in [0.2, 0.25) is 0 Å². The van der Waals surface area contributed by atoms with Gasteiger partial charge in [-0.25, -0.2) is 9.97 Å². The third-order valence-corrected chi connectivity index (χ3v) is 6.70. The van der Waals surface area contributed by atoms with Crippen LogP contribution in [0, 0.1) is 0 Å². The molecule has 1 saturated heterocycles. The summed E-state index contributed by atoms with van der Waals surface area (Å²) in [5.74, 6) is 2.69. The number of nitrogens with zero attached hydrogens (tertiary/aromatic N) is 3. The number of piperidine rings is 1. The van der Waals surface area contributed by atoms with Gasteiger partial charge in [0.1, 0.15) is 10.8 Å². The third kappa shape index (κ3) is 5.11. The highest BCUT2D eigenvalue weighted by molar-refractivity contribution is 7.99. The Morgan fingerprint density at radius 1 is 1.10 bits per heavy atom. The minimum absolute atomic E-state index is 0.186. The molecule has 4 rings (SSSR count). The molecule has 29 heavy (non-hydrogen) atoms. The second kappa shape index (κ2) is 9.02. The van der Waals surface area contributed by atoms with Crippen LogP contribution in [-0.2, 0) is 17.8 Å². The molecule has 0 N–H and O–H groups in total. The predicted octanol–water partition coefficient (Wildman–Crippen LogP) is 4.58. The van der Waals surface area contributed by atoms with Crippen molar-refractivity contribution >= 4 is 11.8 Å². The number of likely N-dealkylation sites (tertiary alicyclic amines) is 1. The van der Waals surface area contributed by atoms with Crippen LogP contribution in [-0.4, -0.2) is 53.0 Å². The molecule has 0 saturated carbocycles. The van der Waals surface area contributed by atoms with Gasteiger partial charge in [0, 0.05) is 29.8 Å². The molecule has 1 aromatic carbocycles. The molecule has 0 spiro atoms. The number of hydrogen-bond donors (Lipinski definition) is 0. The number of benzene rings is 1. The lowest BCUT2D eigenvalue weighted by molar-refractivity contribution is -0.0428. The van der Waals surface area contributed by atoms with Gasteiger partial charge in [0.05, 0.1) is 25.0 Å². The van der Waals surface area contributed by atoms with Crippen LogP contribution < -0.4 is 4.74 Å². The molecular weight excluding hydrogens is 382 g/mol. The van der Waals surface area contributed by atoms with E-state index in [1.54, 1.807) is 7.11 Å². The van der Waals surface area contributed by atoms with Gasteiger partial charge in [0.15, 0.2) is 5.82 Å². The fraction of sp³-hybridized carbons (Fsp3) is 0.565. The Kier molecular flexibility index (Phi) is 6.42. The van der Waals surface area contributed by atoms with E-state index in [1.165, 1.54) is 37.9 Å². The number of thioether (sulfide) groups is 1. The van der Waals surface area contributed by atoms with Gasteiger partial charge in [-0.05, 0) is 64.0 Å². The van der Waals surface area contributed by atoms with Crippen molar-refractivity contribution in [3.05, 3.63) is 35.5 Å². The van der Waals surface area contributed by atoms with Crippen LogP contribution in [0.4, 0.5) is 0 Å². The van der Waals surface area contributed by atoms with Crippen molar-refractivity contribution in [1.29, 1.82) is 0 Å². The van der Waals surface area contributed by atoms with Gasteiger partial charge in [-0.1, -0.05) is 6.42 Å². The smallest absolute Gasteiger partial charge is 0.160 e. The van der Waals surface area contributed by atoms with Crippen molar-refractivity contribution in [2.75, 3.05) is 32.5 Å². The summed E-state index contributed by atoms with van der Waals surface area (Å²) in [6.45, 7) is 8.45. The van der Waals surface area contributed by atoms with E-state index in [0.29, 0.717) is 6.61 Å². The second-order valence-electron chi connectivity index (χ2n) is 8.48. The van der Waals surface area contributed by atoms with Gasteiger partial charge < -0.3 is 14.4 Å². The summed E-state index contributed by atoms with van der Waals surface area (Å²) in [5.41, 5.74) is 3.14. The summed E-state index contributed by atoms with van der Waals surface area (Å²) in [6, 6.07) is 8.00. The molecule has 0 amide bonds. The molecule has 156 valence electrons. The zero-order valence-corrected chi connectivity index (χ0v) is 18.6. The standard InChI is InChI=1S/C23H31N3O2S/c1-23(2)15-20-19(16-28-23)22(29-14-13-26-11-5-4-6-12-26)25-21(24-20)17-7-9-18(27-3)10-8-17/h7-10H,4-6,11-16H2,1-3H3. The average Bonchev–Trinajstić information content (AvgIpc) is 2.73. The lowest BCUT2D eigenvalue weighted by atomic mass is 9.96. The first-order valence-corrected chi connectivity index (χ1v) is 11.6. The zero-order chi connectivity index (χ0) is 20.3. The summed E-state index contributed by atoms with van der Waals surface area (Å²) < 4.78 is 11.4. The molecule has 0 atom stereocenters. The highest BCUT2D eigenvalue weighted by Gasteiger charge is 2.30. The highest BCUT2D eigenvalue weighted by atomic mass is 32.2. The van der Waals surface area contributed by atoms with Crippen molar-refractivity contribution < 1.29 is 9.47 Å². The van der Waals surface area contributed by atoms with Crippen molar-refractivity contribution in [2.24, 2.45) is 0 Å². The fourth-order valence-electron chi connectivity index (χ4n) is 3.96. The Morgan fingerprint density at radius 3 is 2.59 bits per heavy atom. The Balaban J connectivity index is 1.57. The number of ether oxygens (including phenoxy) is 2. The molecule has 0 radical (unpaired) electrons. The van der Waals surface area contributed by atoms with Crippen molar-refractivity contribution in [2.45, 2.75) is 56.8 Å². The first-order chi connectivity index (χ1) is 14.0. The zero-order valence-electron chi connectivity index (χ0n) is 17.7. The van der Waals surface area contributed by atoms with E-state index in [9.17, 15) is 0 Å². The summed E-state index contributed by atoms with van der Waals surface area (Å²) in [5, 5.41) is 1.08. The van der Waals surface area contributed by atoms with Crippen LogP contribution in [0.1, 0.15) is 44.4 Å². The topological polar surface area (TPSA) is 47.5 Å². The lowest BCUT2D eigenvalue weighted by Gasteiger charge is -2.32. The Bertz CT molecular complexity index is 833. The molecule has 2 aliphatic heterocycles. The maximum Gasteiger partial charge on any atom is 0.160 e. The van der Waals surface area contributed by atoms with E-state index in [0.717, 1.165) is 46.6 Å². The Labute approximate surface area is 178 Å². The first-order valence-electron chi connectivity index (χ1n) is 10.6. The maximum absolute atomic E-state index is 6.08. The molecule has 3 heterocycles. The summed E-state index contributed by atoms with van der Waals surface area (Å²) in [6.07, 6.45) is 4.85. The minimum atomic E-state index is -0.186. The molecule has 0 aliphatic carbocycles. The fourth-order valence-corrected chi connectivity index (χ4v) is 5.01. The van der Waals surface area contributed by atoms with E-state index in [-0.39, 0.29) is 5.60 Å². The van der Waals surface area contributed by atoms with Gasteiger partial charge in [0.2, 0.25) is 0 Å². The van der Waals surface area contributed by atoms with E-state index < -0.39 is 0 Å². The van der Waals surface area contributed by atoms with Crippen molar-refractivity contribution in [3.63, 3.8) is 0 Å². The molecule has 2 aromatic rings. The maximum atomic E-state index is 6.08. The third-order valence-electron chi connectivity index (χ3n) is 5.70. The van der Waals surface area contributed by atoms with E-state index in [1.807, 2.05) is 36.0 Å². The van der Waals surface area contributed by atoms with E-state index >= 15 is 0 Å². The molecule has 1 fully saturated rings. The first kappa shape index (κ1) is 20.6. The van der Waals surface area contributed by atoms with E-state index in [2.05, 4.69) is 18.7 Å². The normalized spacial score (nSPS) is 19.0. The number of aromatic nitrogens is 2. The number of rotatable bonds is 6. The van der Waals surface area contributed by atoms with Crippen LogP contribution in [0.3, 0.4) is 0 Å². The van der Waals surface area contributed by atoms with E-state index in [4.69, 9.17) is 19.4 Å². The minimum Gasteiger partial charge on any atom is -0.497 e. The quantitative estimate of drug-likeness (QED) is 0.510. The Hall–Kier alpha value is -1.63. The highest BCUT2D eigenvalue weighted by Crippen LogP contribution is 2.34. The second-order valence-corrected chi connectivity index (χ2v) is 9.57. The largest absolute Gasteiger partial charge is 0.497 e. The number of methoxy groups -OCH3 is 1. The average molecular weight is 414 g/mol. The lowest BCUT2D eigenvalue weighted by Crippen LogP contribution is -2.33. The monoisotopic (exact) mass is 413 g/mol. The number of hydrogen-bond acceptors (Lipinski definition) is 6. The van der Waals surface area contributed by atoms with Crippen LogP contribution >= 0.6 is 11.8 Å². The van der Waals surface area contributed by atoms with Gasteiger partial charge in [-0.15, -0.1) is 11.8 Å². The molecular formula is C23H31N3O2S. The molecule has 6 heteroatoms. The molecule has 0 bridgehead atoms. The number of fused-ring (bicyclic) bond motifs is 1. The molecule has 1 aromatic heterocycles. The molecule has 5 nitrogen and oxygen atoms in total. The summed E-state index contributed by atoms with van der Waals surface area (Å²) in [4.78, 5) is 12.5. The van der Waals surface area contributed by atoms with Crippen molar-refractivity contribution in [1.82, 2.24) is 14.9 Å². The summed E-state index contributed by atoms with van der Waals surface area (Å²) in [7, 11) is 1.68. The van der Waals surface area contributed by atoms with Gasteiger partial charge in [0.25, 0.3) is 0 Å². The molecule has 2 aliphatic rings. The predicted molar refractivity (Wildman–Crippen MR) is 118 cm³/mol. The molecule has 0 unspecified atom stereocenters. The van der Waals surface area contributed by atoms with Crippen LogP contribution in [0.25, 0.3) is 11.4 Å². The van der Waals surface area contributed by atoms with Gasteiger partial charge in [-0.3, -0.25) is 0 Å². The summed E-state index contributed by atoms with van der Waals surface area (Å²) >= 11 is 1.85. The van der Waals surface area contributed by atoms with Gasteiger partial charge in [-0.2, -0.15) is 0 Å². The Morgan fingerprint density at radius 2 is 1.86 bits per heavy atom. The van der Waals surface area contributed by atoms with Crippen LogP contribution in [0.5, 0.6) is 5.75 Å². The SMILES string of the molecule is COc1ccc(-c2nc3c(c(SCCN4CCCCC4)n2)COC(C)(C)C3)cc1. The van der Waals surface area contributed by atoms with Crippen LogP contribution in [0.15, 0.2) is 29.3 Å². The van der Waals surface area contributed by atoms with Crippen molar-refractivity contribution in [3.8, 4) is 17.1 Å². The van der Waals surface area contributed by atoms with Gasteiger partial charge >= 0.3 is 0 Å².